The molecule has 0 aromatic heterocycles. The van der Waals surface area contributed by atoms with E-state index in [4.69, 9.17) is 5.11 Å². The zero-order valence-electron chi connectivity index (χ0n) is 7.88. The van der Waals surface area contributed by atoms with Gasteiger partial charge in [0, 0.05) is 0 Å². The fraction of sp³-hybridized carbons (Fsp3) is 0.300. The minimum absolute atomic E-state index is 0.0419. The van der Waals surface area contributed by atoms with Crippen LogP contribution in [0.15, 0.2) is 18.2 Å². The lowest BCUT2D eigenvalue weighted by Gasteiger charge is -2.05. The quantitative estimate of drug-likeness (QED) is 0.764. The Morgan fingerprint density at radius 3 is 2.86 bits per heavy atom. The fourth-order valence-electron chi connectivity index (χ4n) is 1.23. The molecule has 0 aliphatic carbocycles. The van der Waals surface area contributed by atoms with Crippen LogP contribution in [0.3, 0.4) is 0 Å². The van der Waals surface area contributed by atoms with Gasteiger partial charge < -0.3 is 10.4 Å². The molecule has 0 amide bonds. The molecule has 2 N–H and O–H groups in total. The highest BCUT2D eigenvalue weighted by atomic mass is 19.1. The number of carbonyl (C=O) groups is 1. The van der Waals surface area contributed by atoms with E-state index in [0.29, 0.717) is 18.5 Å². The third-order valence-corrected chi connectivity index (χ3v) is 1.95. The minimum atomic E-state index is -1.09. The molecule has 0 aliphatic heterocycles. The van der Waals surface area contributed by atoms with Crippen molar-refractivity contribution in [1.29, 1.82) is 0 Å². The normalized spacial score (nSPS) is 10.1. The maximum absolute atomic E-state index is 12.8. The van der Waals surface area contributed by atoms with Gasteiger partial charge in [0.2, 0.25) is 0 Å². The number of likely N-dealkylation sites (N-methyl/N-ethyl adjacent to an activating group) is 1. The first-order valence-corrected chi connectivity index (χ1v) is 4.31. The van der Waals surface area contributed by atoms with Crippen molar-refractivity contribution in [2.75, 3.05) is 13.6 Å². The van der Waals surface area contributed by atoms with Crippen molar-refractivity contribution in [1.82, 2.24) is 5.32 Å². The van der Waals surface area contributed by atoms with Gasteiger partial charge in [-0.3, -0.25) is 0 Å². The monoisotopic (exact) mass is 197 g/mol. The molecule has 0 saturated carbocycles. The molecule has 3 nitrogen and oxygen atoms in total. The highest BCUT2D eigenvalue weighted by molar-refractivity contribution is 5.89. The third kappa shape index (κ3) is 2.53. The van der Waals surface area contributed by atoms with Crippen molar-refractivity contribution in [2.45, 2.75) is 6.42 Å². The zero-order valence-corrected chi connectivity index (χ0v) is 7.88. The number of halogens is 1. The van der Waals surface area contributed by atoms with Crippen molar-refractivity contribution in [2.24, 2.45) is 0 Å². The molecule has 0 fully saturated rings. The molecular weight excluding hydrogens is 185 g/mol. The van der Waals surface area contributed by atoms with E-state index in [0.717, 1.165) is 6.07 Å². The summed E-state index contributed by atoms with van der Waals surface area (Å²) in [5.41, 5.74) is 0.688. The molecule has 14 heavy (non-hydrogen) atoms. The molecule has 0 atom stereocenters. The topological polar surface area (TPSA) is 49.3 Å². The van der Waals surface area contributed by atoms with Crippen LogP contribution in [0, 0.1) is 5.82 Å². The Labute approximate surface area is 81.6 Å². The van der Waals surface area contributed by atoms with Gasteiger partial charge in [-0.2, -0.15) is 0 Å². The highest BCUT2D eigenvalue weighted by Gasteiger charge is 2.10. The lowest BCUT2D eigenvalue weighted by molar-refractivity contribution is 0.0695. The molecule has 0 aliphatic rings. The number of carboxylic acid groups (broad SMARTS) is 1. The fourth-order valence-corrected chi connectivity index (χ4v) is 1.23. The first-order valence-electron chi connectivity index (χ1n) is 4.31. The summed E-state index contributed by atoms with van der Waals surface area (Å²) in [5.74, 6) is -1.61. The Kier molecular flexibility index (Phi) is 3.59. The standard InChI is InChI=1S/C10H12FNO2/c1-12-5-4-7-2-3-8(11)6-9(7)10(13)14/h2-3,6,12H,4-5H2,1H3,(H,13,14). The summed E-state index contributed by atoms with van der Waals surface area (Å²) in [6.45, 7) is 0.673. The lowest BCUT2D eigenvalue weighted by atomic mass is 10.0. The molecule has 0 spiro atoms. The Hall–Kier alpha value is -1.42. The predicted octanol–water partition coefficient (Wildman–Crippen LogP) is 1.29. The third-order valence-electron chi connectivity index (χ3n) is 1.95. The summed E-state index contributed by atoms with van der Waals surface area (Å²) in [5, 5.41) is 11.7. The van der Waals surface area contributed by atoms with Crippen molar-refractivity contribution in [3.63, 3.8) is 0 Å². The second kappa shape index (κ2) is 4.72. The van der Waals surface area contributed by atoms with Crippen molar-refractivity contribution < 1.29 is 14.3 Å². The number of hydrogen-bond donors (Lipinski definition) is 2. The molecule has 0 heterocycles. The van der Waals surface area contributed by atoms with Crippen LogP contribution >= 0.6 is 0 Å². The van der Waals surface area contributed by atoms with Gasteiger partial charge in [-0.25, -0.2) is 9.18 Å². The Morgan fingerprint density at radius 2 is 2.29 bits per heavy atom. The van der Waals surface area contributed by atoms with Gasteiger partial charge in [-0.1, -0.05) is 6.07 Å². The molecule has 1 rings (SSSR count). The van der Waals surface area contributed by atoms with E-state index in [1.165, 1.54) is 12.1 Å². The van der Waals surface area contributed by atoms with Gasteiger partial charge in [-0.05, 0) is 37.7 Å². The molecule has 1 aromatic carbocycles. The van der Waals surface area contributed by atoms with Crippen LogP contribution < -0.4 is 5.32 Å². The predicted molar refractivity (Wildman–Crippen MR) is 51.0 cm³/mol. The summed E-state index contributed by atoms with van der Waals surface area (Å²) in [7, 11) is 1.78. The Balaban J connectivity index is 2.96. The summed E-state index contributed by atoms with van der Waals surface area (Å²) >= 11 is 0. The SMILES string of the molecule is CNCCc1ccc(F)cc1C(=O)O. The molecule has 0 saturated heterocycles. The second-order valence-electron chi connectivity index (χ2n) is 2.96. The van der Waals surface area contributed by atoms with Crippen molar-refractivity contribution in [3.8, 4) is 0 Å². The van der Waals surface area contributed by atoms with E-state index in [1.54, 1.807) is 7.05 Å². The number of nitrogens with one attached hydrogen (secondary N) is 1. The lowest BCUT2D eigenvalue weighted by Crippen LogP contribution is -2.13. The van der Waals surface area contributed by atoms with E-state index >= 15 is 0 Å². The summed E-state index contributed by atoms with van der Waals surface area (Å²) in [4.78, 5) is 10.8. The molecule has 0 radical (unpaired) electrons. The van der Waals surface area contributed by atoms with Crippen LogP contribution in [0.4, 0.5) is 4.39 Å². The number of carboxylic acids is 1. The van der Waals surface area contributed by atoms with Crippen LogP contribution in [-0.2, 0) is 6.42 Å². The van der Waals surface area contributed by atoms with Crippen LogP contribution in [0.25, 0.3) is 0 Å². The maximum atomic E-state index is 12.8. The van der Waals surface area contributed by atoms with Crippen LogP contribution in [0.2, 0.25) is 0 Å². The van der Waals surface area contributed by atoms with E-state index in [1.807, 2.05) is 0 Å². The molecule has 0 bridgehead atoms. The maximum Gasteiger partial charge on any atom is 0.336 e. The summed E-state index contributed by atoms with van der Waals surface area (Å²) in [6.07, 6.45) is 0.582. The van der Waals surface area contributed by atoms with Crippen LogP contribution in [-0.4, -0.2) is 24.7 Å². The van der Waals surface area contributed by atoms with Gasteiger partial charge in [0.25, 0.3) is 0 Å². The first-order chi connectivity index (χ1) is 6.65. The minimum Gasteiger partial charge on any atom is -0.478 e. The van der Waals surface area contributed by atoms with E-state index in [2.05, 4.69) is 5.32 Å². The highest BCUT2D eigenvalue weighted by Crippen LogP contribution is 2.11. The van der Waals surface area contributed by atoms with E-state index in [9.17, 15) is 9.18 Å². The molecule has 76 valence electrons. The largest absolute Gasteiger partial charge is 0.478 e. The van der Waals surface area contributed by atoms with E-state index in [-0.39, 0.29) is 5.56 Å². The number of rotatable bonds is 4. The molecular formula is C10H12FNO2. The van der Waals surface area contributed by atoms with Crippen molar-refractivity contribution in [3.05, 3.63) is 35.1 Å². The summed E-state index contributed by atoms with van der Waals surface area (Å²) < 4.78 is 12.8. The Bertz CT molecular complexity index is 339. The van der Waals surface area contributed by atoms with Gasteiger partial charge in [-0.15, -0.1) is 0 Å². The van der Waals surface area contributed by atoms with Crippen LogP contribution in [0.1, 0.15) is 15.9 Å². The van der Waals surface area contributed by atoms with E-state index < -0.39 is 11.8 Å². The second-order valence-corrected chi connectivity index (χ2v) is 2.96. The smallest absolute Gasteiger partial charge is 0.336 e. The van der Waals surface area contributed by atoms with Crippen LogP contribution in [0.5, 0.6) is 0 Å². The van der Waals surface area contributed by atoms with Gasteiger partial charge in [0.05, 0.1) is 5.56 Å². The zero-order chi connectivity index (χ0) is 10.6. The van der Waals surface area contributed by atoms with Gasteiger partial charge in [0.15, 0.2) is 0 Å². The molecule has 0 unspecified atom stereocenters. The average Bonchev–Trinajstić information content (AvgIpc) is 2.15. The Morgan fingerprint density at radius 1 is 1.57 bits per heavy atom. The number of benzene rings is 1. The number of aromatic carboxylic acids is 1. The number of hydrogen-bond acceptors (Lipinski definition) is 2. The average molecular weight is 197 g/mol. The van der Waals surface area contributed by atoms with Gasteiger partial charge >= 0.3 is 5.97 Å². The molecule has 4 heteroatoms. The van der Waals surface area contributed by atoms with Crippen molar-refractivity contribution >= 4 is 5.97 Å². The van der Waals surface area contributed by atoms with Gasteiger partial charge in [0.1, 0.15) is 5.82 Å². The summed E-state index contributed by atoms with van der Waals surface area (Å²) in [6, 6.07) is 3.83. The molecule has 1 aromatic rings. The first kappa shape index (κ1) is 10.7.